The van der Waals surface area contributed by atoms with Crippen LogP contribution in [0.5, 0.6) is 0 Å². The number of nitrogens with zero attached hydrogens (tertiary/aromatic N) is 3. The van der Waals surface area contributed by atoms with Gasteiger partial charge in [0.15, 0.2) is 0 Å². The molecule has 1 aliphatic rings. The Morgan fingerprint density at radius 1 is 1.11 bits per heavy atom. The van der Waals surface area contributed by atoms with Gasteiger partial charge in [0.05, 0.1) is 35.0 Å². The summed E-state index contributed by atoms with van der Waals surface area (Å²) in [4.78, 5) is 25.8. The van der Waals surface area contributed by atoms with E-state index in [0.717, 1.165) is 23.4 Å². The largest absolute Gasteiger partial charge is 0.370 e. The van der Waals surface area contributed by atoms with Crippen LogP contribution in [0.25, 0.3) is 22.2 Å². The quantitative estimate of drug-likeness (QED) is 0.715. The van der Waals surface area contributed by atoms with Crippen molar-refractivity contribution < 1.29 is 4.74 Å². The third kappa shape index (κ3) is 2.67. The molecule has 0 amide bonds. The van der Waals surface area contributed by atoms with Crippen LogP contribution in [0.1, 0.15) is 32.1 Å². The van der Waals surface area contributed by atoms with Crippen LogP contribution in [0.3, 0.4) is 0 Å². The monoisotopic (exact) mass is 367 g/mol. The molecule has 0 bridgehead atoms. The topological polar surface area (TPSA) is 58.2 Å². The van der Waals surface area contributed by atoms with E-state index in [0.29, 0.717) is 30.0 Å². The molecule has 1 aliphatic heterocycles. The Bertz CT molecular complexity index is 1120. The lowest BCUT2D eigenvalue weighted by atomic mass is 10.0. The van der Waals surface area contributed by atoms with Gasteiger partial charge in [-0.05, 0) is 17.9 Å². The number of ether oxygens (including phenoxy) is 1. The van der Waals surface area contributed by atoms with Crippen molar-refractivity contribution in [3.05, 3.63) is 56.9 Å². The van der Waals surface area contributed by atoms with Crippen molar-refractivity contribution in [1.29, 1.82) is 0 Å². The molecule has 0 saturated heterocycles. The molecule has 27 heavy (non-hydrogen) atoms. The second-order valence-corrected chi connectivity index (χ2v) is 7.67. The van der Waals surface area contributed by atoms with Crippen molar-refractivity contribution in [3.8, 4) is 11.3 Å². The second kappa shape index (κ2) is 6.53. The molecule has 0 aliphatic carbocycles. The summed E-state index contributed by atoms with van der Waals surface area (Å²) in [5.41, 5.74) is 2.95. The van der Waals surface area contributed by atoms with Crippen LogP contribution in [0.4, 0.5) is 0 Å². The minimum absolute atomic E-state index is 0.128. The molecule has 0 unspecified atom stereocenters. The Morgan fingerprint density at radius 2 is 1.81 bits per heavy atom. The van der Waals surface area contributed by atoms with Gasteiger partial charge in [-0.15, -0.1) is 0 Å². The first kappa shape index (κ1) is 17.8. The van der Waals surface area contributed by atoms with Crippen LogP contribution in [-0.2, 0) is 25.4 Å². The Morgan fingerprint density at radius 3 is 2.48 bits per heavy atom. The van der Waals surface area contributed by atoms with E-state index in [1.54, 1.807) is 11.6 Å². The fourth-order valence-electron chi connectivity index (χ4n) is 4.17. The van der Waals surface area contributed by atoms with Gasteiger partial charge in [0.25, 0.3) is 5.56 Å². The van der Waals surface area contributed by atoms with Crippen molar-refractivity contribution in [2.24, 2.45) is 20.0 Å². The molecule has 0 N–H and O–H groups in total. The molecule has 142 valence electrons. The zero-order valence-electron chi connectivity index (χ0n) is 16.2. The Kier molecular flexibility index (Phi) is 4.30. The van der Waals surface area contributed by atoms with Gasteiger partial charge in [0.1, 0.15) is 0 Å². The van der Waals surface area contributed by atoms with Crippen LogP contribution in [0.2, 0.25) is 0 Å². The highest BCUT2D eigenvalue weighted by Crippen LogP contribution is 2.39. The number of fused-ring (bicyclic) bond motifs is 3. The lowest BCUT2D eigenvalue weighted by Crippen LogP contribution is -2.37. The summed E-state index contributed by atoms with van der Waals surface area (Å²) in [7, 11) is 3.28. The van der Waals surface area contributed by atoms with Gasteiger partial charge in [-0.25, -0.2) is 4.79 Å². The standard InChI is InChI=1S/C21H25N3O3/c1-13(2)12-15-18-19-16(20(25)23(4)21(26)22(19)3)17(24(18)10-11-27-15)14-8-6-5-7-9-14/h5-9,13,15H,10-12H2,1-4H3/t15-/m1/s1. The minimum Gasteiger partial charge on any atom is -0.370 e. The first-order chi connectivity index (χ1) is 12.9. The van der Waals surface area contributed by atoms with Gasteiger partial charge in [-0.3, -0.25) is 13.9 Å². The summed E-state index contributed by atoms with van der Waals surface area (Å²) >= 11 is 0. The van der Waals surface area contributed by atoms with E-state index in [-0.39, 0.29) is 17.4 Å². The Balaban J connectivity index is 2.18. The highest BCUT2D eigenvalue weighted by atomic mass is 16.5. The van der Waals surface area contributed by atoms with Gasteiger partial charge in [-0.2, -0.15) is 0 Å². The van der Waals surface area contributed by atoms with E-state index in [2.05, 4.69) is 18.4 Å². The predicted molar refractivity (Wildman–Crippen MR) is 106 cm³/mol. The molecule has 0 spiro atoms. The second-order valence-electron chi connectivity index (χ2n) is 7.67. The van der Waals surface area contributed by atoms with Crippen LogP contribution in [0, 0.1) is 5.92 Å². The normalized spacial score (nSPS) is 16.9. The zero-order chi connectivity index (χ0) is 19.3. The number of aromatic nitrogens is 3. The average molecular weight is 367 g/mol. The lowest BCUT2D eigenvalue weighted by Gasteiger charge is -2.28. The first-order valence-electron chi connectivity index (χ1n) is 9.41. The van der Waals surface area contributed by atoms with E-state index >= 15 is 0 Å². The molecule has 6 heteroatoms. The van der Waals surface area contributed by atoms with E-state index in [4.69, 9.17) is 4.74 Å². The smallest absolute Gasteiger partial charge is 0.331 e. The molecule has 2 aromatic heterocycles. The van der Waals surface area contributed by atoms with Gasteiger partial charge >= 0.3 is 5.69 Å². The van der Waals surface area contributed by atoms with Crippen LogP contribution in [-0.4, -0.2) is 20.3 Å². The average Bonchev–Trinajstić information content (AvgIpc) is 3.01. The summed E-state index contributed by atoms with van der Waals surface area (Å²) < 4.78 is 11.1. The molecular formula is C21H25N3O3. The highest BCUT2D eigenvalue weighted by molar-refractivity contribution is 5.96. The highest BCUT2D eigenvalue weighted by Gasteiger charge is 2.32. The van der Waals surface area contributed by atoms with Crippen LogP contribution < -0.4 is 11.2 Å². The fraction of sp³-hybridized carbons (Fsp3) is 0.429. The SMILES string of the molecule is CC(C)C[C@H]1OCCn2c(-c3ccccc3)c3c(=O)n(C)c(=O)n(C)c3c21. The summed E-state index contributed by atoms with van der Waals surface area (Å²) in [5, 5.41) is 0.597. The molecule has 1 aromatic carbocycles. The van der Waals surface area contributed by atoms with Crippen molar-refractivity contribution in [2.45, 2.75) is 32.9 Å². The molecule has 1 atom stereocenters. The molecule has 0 radical (unpaired) electrons. The van der Waals surface area contributed by atoms with Crippen LogP contribution >= 0.6 is 0 Å². The molecular weight excluding hydrogens is 342 g/mol. The van der Waals surface area contributed by atoms with Crippen molar-refractivity contribution in [1.82, 2.24) is 13.7 Å². The maximum atomic E-state index is 13.1. The number of rotatable bonds is 3. The van der Waals surface area contributed by atoms with Crippen molar-refractivity contribution in [2.75, 3.05) is 6.61 Å². The summed E-state index contributed by atoms with van der Waals surface area (Å²) in [6, 6.07) is 9.93. The Labute approximate surface area is 157 Å². The van der Waals surface area contributed by atoms with Gasteiger partial charge in [0.2, 0.25) is 0 Å². The maximum absolute atomic E-state index is 13.1. The minimum atomic E-state index is -0.311. The third-order valence-corrected chi connectivity index (χ3v) is 5.38. The number of benzene rings is 1. The number of aryl methyl sites for hydroxylation is 1. The molecule has 0 saturated carbocycles. The molecule has 0 fully saturated rings. The molecule has 3 aromatic rings. The fourth-order valence-corrected chi connectivity index (χ4v) is 4.17. The Hall–Kier alpha value is -2.60. The zero-order valence-corrected chi connectivity index (χ0v) is 16.2. The predicted octanol–water partition coefficient (Wildman–Crippen LogP) is 2.82. The van der Waals surface area contributed by atoms with Crippen LogP contribution in [0.15, 0.2) is 39.9 Å². The van der Waals surface area contributed by atoms with E-state index < -0.39 is 0 Å². The molecule has 6 nitrogen and oxygen atoms in total. The van der Waals surface area contributed by atoms with E-state index in [1.165, 1.54) is 11.6 Å². The van der Waals surface area contributed by atoms with Gasteiger partial charge in [-0.1, -0.05) is 44.2 Å². The lowest BCUT2D eigenvalue weighted by molar-refractivity contribution is 0.00924. The maximum Gasteiger partial charge on any atom is 0.331 e. The molecule has 4 rings (SSSR count). The third-order valence-electron chi connectivity index (χ3n) is 5.38. The molecule has 3 heterocycles. The first-order valence-corrected chi connectivity index (χ1v) is 9.41. The van der Waals surface area contributed by atoms with Crippen molar-refractivity contribution >= 4 is 10.9 Å². The van der Waals surface area contributed by atoms with E-state index in [9.17, 15) is 9.59 Å². The van der Waals surface area contributed by atoms with Gasteiger partial charge in [0, 0.05) is 20.6 Å². The summed E-state index contributed by atoms with van der Waals surface area (Å²) in [6.07, 6.45) is 0.716. The van der Waals surface area contributed by atoms with Crippen molar-refractivity contribution in [3.63, 3.8) is 0 Å². The van der Waals surface area contributed by atoms with Gasteiger partial charge < -0.3 is 9.30 Å². The number of hydrogen-bond acceptors (Lipinski definition) is 3. The summed E-state index contributed by atoms with van der Waals surface area (Å²) in [6.45, 7) is 5.58. The van der Waals surface area contributed by atoms with E-state index in [1.807, 2.05) is 30.3 Å². The summed E-state index contributed by atoms with van der Waals surface area (Å²) in [5.74, 6) is 0.440. The number of hydrogen-bond donors (Lipinski definition) is 0.